The monoisotopic (exact) mass is 261 g/mol. The maximum atomic E-state index is 12.6. The lowest BCUT2D eigenvalue weighted by atomic mass is 10.1. The van der Waals surface area contributed by atoms with Gasteiger partial charge in [0.15, 0.2) is 0 Å². The van der Waals surface area contributed by atoms with Crippen molar-refractivity contribution in [3.63, 3.8) is 0 Å². The van der Waals surface area contributed by atoms with Gasteiger partial charge in [-0.2, -0.15) is 13.2 Å². The van der Waals surface area contributed by atoms with E-state index < -0.39 is 11.7 Å². The molecular weight excluding hydrogens is 247 g/mol. The van der Waals surface area contributed by atoms with E-state index in [2.05, 4.69) is 10.5 Å². The Morgan fingerprint density at radius 3 is 2.61 bits per heavy atom. The van der Waals surface area contributed by atoms with Crippen molar-refractivity contribution >= 4 is 5.84 Å². The topological polar surface area (TPSA) is 70.6 Å². The molecule has 0 saturated heterocycles. The lowest BCUT2D eigenvalue weighted by Crippen LogP contribution is -2.23. The highest BCUT2D eigenvalue weighted by molar-refractivity contribution is 5.79. The zero-order chi connectivity index (χ0) is 13.6. The molecule has 0 saturated carbocycles. The summed E-state index contributed by atoms with van der Waals surface area (Å²) < 4.78 is 37.9. The number of alkyl halides is 3. The summed E-state index contributed by atoms with van der Waals surface area (Å²) in [6.45, 7) is 0.413. The summed E-state index contributed by atoms with van der Waals surface area (Å²) >= 11 is 0. The number of hydrogen-bond acceptors (Lipinski definition) is 3. The maximum absolute atomic E-state index is 12.6. The third-order valence-corrected chi connectivity index (χ3v) is 2.32. The Hall–Kier alpha value is -1.76. The molecular formula is C11H14F3N3O. The van der Waals surface area contributed by atoms with Crippen LogP contribution in [0.2, 0.25) is 0 Å². The summed E-state index contributed by atoms with van der Waals surface area (Å²) in [5.74, 6) is 0.0339. The molecule has 0 fully saturated rings. The summed E-state index contributed by atoms with van der Waals surface area (Å²) in [5, 5.41) is 13.9. The molecule has 4 N–H and O–H groups in total. The van der Waals surface area contributed by atoms with E-state index >= 15 is 0 Å². The number of benzene rings is 1. The second-order valence-electron chi connectivity index (χ2n) is 3.67. The molecule has 18 heavy (non-hydrogen) atoms. The first kappa shape index (κ1) is 14.3. The number of hydrogen-bond donors (Lipinski definition) is 3. The predicted molar refractivity (Wildman–Crippen MR) is 61.2 cm³/mol. The second-order valence-corrected chi connectivity index (χ2v) is 3.67. The van der Waals surface area contributed by atoms with E-state index in [4.69, 9.17) is 10.9 Å². The zero-order valence-corrected chi connectivity index (χ0v) is 9.54. The lowest BCUT2D eigenvalue weighted by molar-refractivity contribution is -0.138. The van der Waals surface area contributed by atoms with Gasteiger partial charge in [0.05, 0.1) is 5.56 Å². The van der Waals surface area contributed by atoms with Crippen molar-refractivity contribution in [2.45, 2.75) is 19.1 Å². The largest absolute Gasteiger partial charge is 0.416 e. The first-order valence-electron chi connectivity index (χ1n) is 5.27. The number of oxime groups is 1. The van der Waals surface area contributed by atoms with Crippen molar-refractivity contribution in [2.75, 3.05) is 6.54 Å². The third kappa shape index (κ3) is 4.25. The van der Waals surface area contributed by atoms with E-state index in [9.17, 15) is 13.2 Å². The molecule has 0 amide bonds. The van der Waals surface area contributed by atoms with Gasteiger partial charge < -0.3 is 16.3 Å². The van der Waals surface area contributed by atoms with Gasteiger partial charge >= 0.3 is 6.18 Å². The van der Waals surface area contributed by atoms with E-state index in [1.165, 1.54) is 12.1 Å². The van der Waals surface area contributed by atoms with Crippen molar-refractivity contribution in [3.05, 3.63) is 35.4 Å². The average Bonchev–Trinajstić information content (AvgIpc) is 2.33. The Kier molecular flexibility index (Phi) is 4.96. The lowest BCUT2D eigenvalue weighted by Gasteiger charge is -2.13. The Balaban J connectivity index is 2.58. The standard InChI is InChI=1S/C11H14F3N3O/c12-11(13,14)9-4-2-1-3-8(9)7-16-6-5-10(15)17-18/h1-4,16,18H,5-7H2,(H2,15,17). The normalized spacial score (nSPS) is 12.7. The molecule has 100 valence electrons. The minimum atomic E-state index is -4.36. The van der Waals surface area contributed by atoms with Crippen molar-refractivity contribution < 1.29 is 18.4 Å². The molecule has 7 heteroatoms. The van der Waals surface area contributed by atoms with Crippen LogP contribution in [-0.2, 0) is 12.7 Å². The fraction of sp³-hybridized carbons (Fsp3) is 0.364. The molecule has 0 aliphatic carbocycles. The molecule has 1 rings (SSSR count). The zero-order valence-electron chi connectivity index (χ0n) is 9.54. The summed E-state index contributed by atoms with van der Waals surface area (Å²) in [4.78, 5) is 0. The van der Waals surface area contributed by atoms with Crippen LogP contribution in [0.5, 0.6) is 0 Å². The van der Waals surface area contributed by atoms with Gasteiger partial charge in [-0.25, -0.2) is 0 Å². The van der Waals surface area contributed by atoms with Crippen LogP contribution in [0.15, 0.2) is 29.4 Å². The molecule has 1 aromatic carbocycles. The van der Waals surface area contributed by atoms with Crippen molar-refractivity contribution in [3.8, 4) is 0 Å². The number of rotatable bonds is 5. The summed E-state index contributed by atoms with van der Waals surface area (Å²) in [7, 11) is 0. The highest BCUT2D eigenvalue weighted by Gasteiger charge is 2.32. The van der Waals surface area contributed by atoms with Crippen LogP contribution in [0.3, 0.4) is 0 Å². The fourth-order valence-corrected chi connectivity index (χ4v) is 1.44. The molecule has 0 spiro atoms. The quantitative estimate of drug-likeness (QED) is 0.249. The van der Waals surface area contributed by atoms with Crippen LogP contribution in [0, 0.1) is 0 Å². The van der Waals surface area contributed by atoms with Crippen LogP contribution in [-0.4, -0.2) is 17.6 Å². The van der Waals surface area contributed by atoms with Crippen LogP contribution >= 0.6 is 0 Å². The van der Waals surface area contributed by atoms with E-state index in [0.717, 1.165) is 6.07 Å². The van der Waals surface area contributed by atoms with Crippen LogP contribution in [0.25, 0.3) is 0 Å². The predicted octanol–water partition coefficient (Wildman–Crippen LogP) is 1.93. The van der Waals surface area contributed by atoms with Crippen LogP contribution in [0.4, 0.5) is 13.2 Å². The SMILES string of the molecule is NC(CCNCc1ccccc1C(F)(F)F)=NO. The molecule has 0 aliphatic rings. The Morgan fingerprint density at radius 2 is 2.00 bits per heavy atom. The molecule has 0 bridgehead atoms. The van der Waals surface area contributed by atoms with E-state index in [0.29, 0.717) is 6.54 Å². The van der Waals surface area contributed by atoms with Gasteiger partial charge in [0, 0.05) is 19.5 Å². The van der Waals surface area contributed by atoms with Crippen LogP contribution < -0.4 is 11.1 Å². The van der Waals surface area contributed by atoms with Gasteiger partial charge in [0.1, 0.15) is 5.84 Å². The van der Waals surface area contributed by atoms with E-state index in [1.54, 1.807) is 6.07 Å². The first-order chi connectivity index (χ1) is 8.45. The summed E-state index contributed by atoms with van der Waals surface area (Å²) in [5.41, 5.74) is 4.75. The molecule has 0 radical (unpaired) electrons. The molecule has 0 heterocycles. The molecule has 4 nitrogen and oxygen atoms in total. The Labute approximate surface area is 102 Å². The molecule has 1 aromatic rings. The summed E-state index contributed by atoms with van der Waals surface area (Å²) in [6.07, 6.45) is -4.09. The number of amidine groups is 1. The smallest absolute Gasteiger partial charge is 0.409 e. The highest BCUT2D eigenvalue weighted by atomic mass is 19.4. The van der Waals surface area contributed by atoms with Gasteiger partial charge in [0.25, 0.3) is 0 Å². The van der Waals surface area contributed by atoms with Gasteiger partial charge in [0.2, 0.25) is 0 Å². The molecule has 0 atom stereocenters. The number of nitrogens with two attached hydrogens (primary N) is 1. The van der Waals surface area contributed by atoms with Gasteiger partial charge in [-0.05, 0) is 11.6 Å². The van der Waals surface area contributed by atoms with Crippen LogP contribution in [0.1, 0.15) is 17.5 Å². The molecule has 0 unspecified atom stereocenters. The van der Waals surface area contributed by atoms with E-state index in [-0.39, 0.29) is 24.4 Å². The van der Waals surface area contributed by atoms with Gasteiger partial charge in [-0.15, -0.1) is 0 Å². The van der Waals surface area contributed by atoms with Crippen molar-refractivity contribution in [2.24, 2.45) is 10.9 Å². The van der Waals surface area contributed by atoms with Gasteiger partial charge in [-0.3, -0.25) is 0 Å². The Bertz CT molecular complexity index is 418. The fourth-order valence-electron chi connectivity index (χ4n) is 1.44. The second kappa shape index (κ2) is 6.25. The van der Waals surface area contributed by atoms with E-state index in [1.807, 2.05) is 0 Å². The molecule has 0 aromatic heterocycles. The number of halogens is 3. The molecule has 0 aliphatic heterocycles. The van der Waals surface area contributed by atoms with Crippen molar-refractivity contribution in [1.29, 1.82) is 0 Å². The average molecular weight is 261 g/mol. The highest BCUT2D eigenvalue weighted by Crippen LogP contribution is 2.31. The summed E-state index contributed by atoms with van der Waals surface area (Å²) in [6, 6.07) is 5.36. The first-order valence-corrected chi connectivity index (χ1v) is 5.27. The van der Waals surface area contributed by atoms with Crippen molar-refractivity contribution in [1.82, 2.24) is 5.32 Å². The maximum Gasteiger partial charge on any atom is 0.416 e. The minimum absolute atomic E-state index is 0.0339. The minimum Gasteiger partial charge on any atom is -0.409 e. The Morgan fingerprint density at radius 1 is 1.33 bits per heavy atom. The number of nitrogens with zero attached hydrogens (tertiary/aromatic N) is 1. The number of nitrogens with one attached hydrogen (secondary N) is 1. The third-order valence-electron chi connectivity index (χ3n) is 2.32. The van der Waals surface area contributed by atoms with Gasteiger partial charge in [-0.1, -0.05) is 23.4 Å².